The lowest BCUT2D eigenvalue weighted by atomic mass is 10.1. The minimum absolute atomic E-state index is 0.00641. The topological polar surface area (TPSA) is 110 Å². The third-order valence-electron chi connectivity index (χ3n) is 6.17. The average Bonchev–Trinajstić information content (AvgIpc) is 3.34. The third-order valence-corrected chi connectivity index (χ3v) is 6.17. The summed E-state index contributed by atoms with van der Waals surface area (Å²) in [5, 5.41) is 7.37. The molecule has 0 unspecified atom stereocenters. The van der Waals surface area contributed by atoms with Gasteiger partial charge in [0, 0.05) is 18.2 Å². The molecular formula is C27H33F2N7O3. The molecule has 0 spiro atoms. The van der Waals surface area contributed by atoms with Crippen LogP contribution in [0.25, 0.3) is 0 Å². The number of carbonyl (C=O) groups is 1. The number of rotatable bonds is 12. The van der Waals surface area contributed by atoms with E-state index < -0.39 is 17.5 Å². The molecule has 1 aromatic heterocycles. The zero-order chi connectivity index (χ0) is 27.9. The van der Waals surface area contributed by atoms with Gasteiger partial charge in [-0.2, -0.15) is 5.10 Å². The van der Waals surface area contributed by atoms with Crippen LogP contribution in [0, 0.1) is 11.6 Å². The molecule has 2 heterocycles. The SMILES string of the molecule is CCCN(C)CCCOc1cc2c(cc1OC)C(=Nc1cnn(CC(N)=O)c1)N(c1cccc(F)c1F)CN2. The Morgan fingerprint density at radius 2 is 2.08 bits per heavy atom. The van der Waals surface area contributed by atoms with E-state index in [9.17, 15) is 13.6 Å². The molecule has 0 saturated carbocycles. The lowest BCUT2D eigenvalue weighted by molar-refractivity contribution is -0.118. The summed E-state index contributed by atoms with van der Waals surface area (Å²) in [6, 6.07) is 7.52. The lowest BCUT2D eigenvalue weighted by Gasteiger charge is -2.33. The molecule has 39 heavy (non-hydrogen) atoms. The minimum atomic E-state index is -1.00. The molecule has 0 atom stereocenters. The van der Waals surface area contributed by atoms with Gasteiger partial charge in [0.1, 0.15) is 18.1 Å². The molecule has 1 amide bonds. The molecule has 0 saturated heterocycles. The maximum atomic E-state index is 14.9. The van der Waals surface area contributed by atoms with E-state index in [1.165, 1.54) is 35.0 Å². The van der Waals surface area contributed by atoms with E-state index in [4.69, 9.17) is 20.2 Å². The first-order chi connectivity index (χ1) is 18.8. The molecule has 12 heteroatoms. The van der Waals surface area contributed by atoms with Gasteiger partial charge in [0.15, 0.2) is 23.1 Å². The van der Waals surface area contributed by atoms with Crippen LogP contribution in [0.2, 0.25) is 0 Å². The largest absolute Gasteiger partial charge is 0.493 e. The number of aromatic nitrogens is 2. The summed E-state index contributed by atoms with van der Waals surface area (Å²) in [7, 11) is 3.62. The first kappa shape index (κ1) is 27.8. The van der Waals surface area contributed by atoms with Gasteiger partial charge in [-0.25, -0.2) is 13.8 Å². The van der Waals surface area contributed by atoms with Crippen molar-refractivity contribution in [1.82, 2.24) is 14.7 Å². The molecule has 4 rings (SSSR count). The van der Waals surface area contributed by atoms with Crippen molar-refractivity contribution in [3.8, 4) is 11.5 Å². The Morgan fingerprint density at radius 1 is 1.26 bits per heavy atom. The normalized spacial score (nSPS) is 13.9. The maximum absolute atomic E-state index is 14.9. The smallest absolute Gasteiger partial charge is 0.239 e. The monoisotopic (exact) mass is 541 g/mol. The van der Waals surface area contributed by atoms with E-state index in [1.807, 2.05) is 6.07 Å². The zero-order valence-electron chi connectivity index (χ0n) is 22.3. The van der Waals surface area contributed by atoms with Crippen LogP contribution in [0.1, 0.15) is 25.3 Å². The van der Waals surface area contributed by atoms with Crippen molar-refractivity contribution in [2.24, 2.45) is 10.7 Å². The summed E-state index contributed by atoms with van der Waals surface area (Å²) in [6.45, 7) is 4.57. The average molecular weight is 542 g/mol. The summed E-state index contributed by atoms with van der Waals surface area (Å²) >= 11 is 0. The van der Waals surface area contributed by atoms with Crippen molar-refractivity contribution < 1.29 is 23.0 Å². The van der Waals surface area contributed by atoms with Crippen LogP contribution < -0.4 is 25.4 Å². The van der Waals surface area contributed by atoms with Gasteiger partial charge in [-0.15, -0.1) is 0 Å². The first-order valence-corrected chi connectivity index (χ1v) is 12.7. The molecule has 0 aliphatic carbocycles. The number of hydrogen-bond acceptors (Lipinski definition) is 7. The highest BCUT2D eigenvalue weighted by atomic mass is 19.2. The van der Waals surface area contributed by atoms with Gasteiger partial charge in [0.05, 0.1) is 44.2 Å². The van der Waals surface area contributed by atoms with Crippen molar-refractivity contribution in [3.63, 3.8) is 0 Å². The van der Waals surface area contributed by atoms with Crippen LogP contribution in [0.4, 0.5) is 25.8 Å². The number of halogens is 2. The van der Waals surface area contributed by atoms with E-state index >= 15 is 0 Å². The number of methoxy groups -OCH3 is 1. The number of nitrogens with one attached hydrogen (secondary N) is 1. The number of ether oxygens (including phenoxy) is 2. The molecule has 2 aromatic carbocycles. The van der Waals surface area contributed by atoms with Crippen LogP contribution in [0.15, 0.2) is 47.7 Å². The summed E-state index contributed by atoms with van der Waals surface area (Å²) in [5.41, 5.74) is 6.94. The number of nitrogens with zero attached hydrogens (tertiary/aromatic N) is 5. The Morgan fingerprint density at radius 3 is 2.82 bits per heavy atom. The summed E-state index contributed by atoms with van der Waals surface area (Å²) in [5.74, 6) is -1.17. The predicted octanol–water partition coefficient (Wildman–Crippen LogP) is 3.73. The van der Waals surface area contributed by atoms with Gasteiger partial charge < -0.3 is 30.3 Å². The number of benzene rings is 2. The molecule has 3 N–H and O–H groups in total. The van der Waals surface area contributed by atoms with E-state index in [-0.39, 0.29) is 18.9 Å². The van der Waals surface area contributed by atoms with E-state index in [0.717, 1.165) is 32.0 Å². The number of amides is 1. The van der Waals surface area contributed by atoms with Crippen LogP contribution in [0.5, 0.6) is 11.5 Å². The quantitative estimate of drug-likeness (QED) is 0.336. The number of hydrogen-bond donors (Lipinski definition) is 2. The molecule has 0 bridgehead atoms. The second-order valence-corrected chi connectivity index (χ2v) is 9.19. The minimum Gasteiger partial charge on any atom is -0.493 e. The fourth-order valence-corrected chi connectivity index (χ4v) is 4.36. The van der Waals surface area contributed by atoms with Crippen LogP contribution in [-0.2, 0) is 11.3 Å². The standard InChI is InChI=1S/C27H33F2N7O3/c1-4-9-34(2)10-6-11-39-24-13-21-19(12-23(24)38-3)27(33-18-14-32-35(15-18)16-25(30)37)36(17-31-21)22-8-5-7-20(28)26(22)29/h5,7-8,12-15,31H,4,6,9-11,16-17H2,1-3H3,(H2,30,37). The Balaban J connectivity index is 1.70. The number of nitrogens with two attached hydrogens (primary N) is 1. The highest BCUT2D eigenvalue weighted by Crippen LogP contribution is 2.38. The van der Waals surface area contributed by atoms with Gasteiger partial charge in [-0.05, 0) is 44.6 Å². The summed E-state index contributed by atoms with van der Waals surface area (Å²) in [4.78, 5) is 19.8. The fourth-order valence-electron chi connectivity index (χ4n) is 4.36. The van der Waals surface area contributed by atoms with Crippen LogP contribution in [0.3, 0.4) is 0 Å². The Bertz CT molecular complexity index is 1340. The summed E-state index contributed by atoms with van der Waals surface area (Å²) < 4.78 is 42.1. The molecular weight excluding hydrogens is 508 g/mol. The molecule has 0 radical (unpaired) electrons. The second-order valence-electron chi connectivity index (χ2n) is 9.19. The van der Waals surface area contributed by atoms with Crippen molar-refractivity contribution in [2.75, 3.05) is 50.7 Å². The molecule has 208 valence electrons. The lowest BCUT2D eigenvalue weighted by Crippen LogP contribution is -2.41. The molecule has 1 aliphatic rings. The van der Waals surface area contributed by atoms with E-state index in [0.29, 0.717) is 40.9 Å². The van der Waals surface area contributed by atoms with Gasteiger partial charge in [-0.1, -0.05) is 13.0 Å². The summed E-state index contributed by atoms with van der Waals surface area (Å²) in [6.07, 6.45) is 4.94. The Labute approximate surface area is 226 Å². The number of amidine groups is 1. The van der Waals surface area contributed by atoms with Crippen molar-refractivity contribution >= 4 is 28.8 Å². The highest BCUT2D eigenvalue weighted by Gasteiger charge is 2.29. The van der Waals surface area contributed by atoms with Gasteiger partial charge in [0.2, 0.25) is 5.91 Å². The zero-order valence-corrected chi connectivity index (χ0v) is 22.3. The van der Waals surface area contributed by atoms with Gasteiger partial charge in [-0.3, -0.25) is 9.48 Å². The van der Waals surface area contributed by atoms with Crippen LogP contribution in [-0.4, -0.2) is 66.9 Å². The van der Waals surface area contributed by atoms with Crippen molar-refractivity contribution in [3.05, 3.63) is 59.9 Å². The predicted molar refractivity (Wildman–Crippen MR) is 146 cm³/mol. The Hall–Kier alpha value is -4.19. The molecule has 10 nitrogen and oxygen atoms in total. The van der Waals surface area contributed by atoms with Crippen LogP contribution >= 0.6 is 0 Å². The van der Waals surface area contributed by atoms with E-state index in [2.05, 4.69) is 29.3 Å². The fraction of sp³-hybridized carbons (Fsp3) is 0.370. The van der Waals surface area contributed by atoms with Gasteiger partial charge >= 0.3 is 0 Å². The maximum Gasteiger partial charge on any atom is 0.239 e. The third kappa shape index (κ3) is 6.63. The number of fused-ring (bicyclic) bond motifs is 1. The molecule has 1 aliphatic heterocycles. The number of aliphatic imine (C=N–C) groups is 1. The number of primary amides is 1. The van der Waals surface area contributed by atoms with E-state index in [1.54, 1.807) is 12.3 Å². The first-order valence-electron chi connectivity index (χ1n) is 12.7. The van der Waals surface area contributed by atoms with Gasteiger partial charge in [0.25, 0.3) is 0 Å². The van der Waals surface area contributed by atoms with Crippen molar-refractivity contribution in [1.29, 1.82) is 0 Å². The highest BCUT2D eigenvalue weighted by molar-refractivity contribution is 6.16. The second kappa shape index (κ2) is 12.6. The molecule has 0 fully saturated rings. The molecule has 3 aromatic rings. The number of carbonyl (C=O) groups excluding carboxylic acids is 1. The Kier molecular flexibility index (Phi) is 8.97. The van der Waals surface area contributed by atoms with Crippen molar-refractivity contribution in [2.45, 2.75) is 26.3 Å². The number of anilines is 2.